The molecule has 1 aliphatic heterocycles. The third-order valence-corrected chi connectivity index (χ3v) is 7.30. The van der Waals surface area contributed by atoms with E-state index < -0.39 is 0 Å². The van der Waals surface area contributed by atoms with Crippen molar-refractivity contribution in [2.45, 2.75) is 39.7 Å². The third kappa shape index (κ3) is 4.39. The topological polar surface area (TPSA) is 71.8 Å². The molecule has 32 heavy (non-hydrogen) atoms. The molecule has 3 aromatic heterocycles. The van der Waals surface area contributed by atoms with Crippen LogP contribution in [-0.4, -0.2) is 49.5 Å². The predicted octanol–water partition coefficient (Wildman–Crippen LogP) is 3.85. The van der Waals surface area contributed by atoms with E-state index in [-0.39, 0.29) is 0 Å². The Labute approximate surface area is 190 Å². The molecular formula is C25H33N7. The van der Waals surface area contributed by atoms with E-state index in [1.54, 1.807) is 0 Å². The number of likely N-dealkylation sites (tertiary alicyclic amines) is 1. The Morgan fingerprint density at radius 2 is 1.84 bits per heavy atom. The Kier molecular flexibility index (Phi) is 5.91. The fraction of sp³-hybridized carbons (Fsp3) is 0.520. The molecule has 1 N–H and O–H groups in total. The van der Waals surface area contributed by atoms with Gasteiger partial charge in [-0.1, -0.05) is 6.07 Å². The number of fused-ring (bicyclic) bond motifs is 1. The maximum atomic E-state index is 4.58. The Morgan fingerprint density at radius 1 is 1.03 bits per heavy atom. The zero-order valence-electron chi connectivity index (χ0n) is 19.3. The molecule has 1 saturated heterocycles. The van der Waals surface area contributed by atoms with Crippen molar-refractivity contribution in [1.29, 1.82) is 0 Å². The van der Waals surface area contributed by atoms with Crippen molar-refractivity contribution in [3.63, 3.8) is 0 Å². The SMILES string of the molecule is Cc1cccnc1CN1C[C@H]2CC(CCNc3ccc(-c4c(C)cnn4C)nn3)C[C@H]2C1. The van der Waals surface area contributed by atoms with Gasteiger partial charge in [0.2, 0.25) is 0 Å². The summed E-state index contributed by atoms with van der Waals surface area (Å²) in [5, 5.41) is 16.5. The molecule has 0 radical (unpaired) electrons. The summed E-state index contributed by atoms with van der Waals surface area (Å²) >= 11 is 0. The minimum absolute atomic E-state index is 0.820. The molecule has 4 heterocycles. The molecule has 3 aromatic rings. The van der Waals surface area contributed by atoms with Gasteiger partial charge in [-0.05, 0) is 80.2 Å². The van der Waals surface area contributed by atoms with E-state index >= 15 is 0 Å². The fourth-order valence-electron chi connectivity index (χ4n) is 5.66. The number of rotatable bonds is 7. The van der Waals surface area contributed by atoms with Crippen molar-refractivity contribution in [1.82, 2.24) is 29.9 Å². The van der Waals surface area contributed by atoms with E-state index in [1.165, 1.54) is 43.6 Å². The molecule has 168 valence electrons. The van der Waals surface area contributed by atoms with Gasteiger partial charge in [0.25, 0.3) is 0 Å². The number of nitrogens with zero attached hydrogens (tertiary/aromatic N) is 6. The van der Waals surface area contributed by atoms with Crippen LogP contribution in [0.25, 0.3) is 11.4 Å². The number of hydrogen-bond acceptors (Lipinski definition) is 6. The molecule has 1 saturated carbocycles. The summed E-state index contributed by atoms with van der Waals surface area (Å²) in [5.41, 5.74) is 5.54. The van der Waals surface area contributed by atoms with Crippen LogP contribution in [-0.2, 0) is 13.6 Å². The third-order valence-electron chi connectivity index (χ3n) is 7.30. The van der Waals surface area contributed by atoms with Crippen LogP contribution in [0.1, 0.15) is 36.1 Å². The average molecular weight is 432 g/mol. The van der Waals surface area contributed by atoms with Gasteiger partial charge < -0.3 is 5.32 Å². The summed E-state index contributed by atoms with van der Waals surface area (Å²) < 4.78 is 1.85. The maximum absolute atomic E-state index is 4.58. The second-order valence-corrected chi connectivity index (χ2v) is 9.64. The maximum Gasteiger partial charge on any atom is 0.148 e. The Balaban J connectivity index is 1.07. The number of pyridine rings is 1. The summed E-state index contributed by atoms with van der Waals surface area (Å²) in [6.07, 6.45) is 7.69. The highest BCUT2D eigenvalue weighted by molar-refractivity contribution is 5.59. The number of anilines is 1. The van der Waals surface area contributed by atoms with E-state index in [1.807, 2.05) is 49.2 Å². The van der Waals surface area contributed by atoms with E-state index in [0.29, 0.717) is 0 Å². The summed E-state index contributed by atoms with van der Waals surface area (Å²) in [6, 6.07) is 8.24. The number of hydrogen-bond donors (Lipinski definition) is 1. The molecular weight excluding hydrogens is 398 g/mol. The smallest absolute Gasteiger partial charge is 0.148 e. The van der Waals surface area contributed by atoms with E-state index in [2.05, 4.69) is 43.5 Å². The lowest BCUT2D eigenvalue weighted by Crippen LogP contribution is -2.23. The number of aromatic nitrogens is 5. The molecule has 2 aliphatic rings. The molecule has 5 rings (SSSR count). The van der Waals surface area contributed by atoms with E-state index in [9.17, 15) is 0 Å². The quantitative estimate of drug-likeness (QED) is 0.613. The summed E-state index contributed by atoms with van der Waals surface area (Å²) in [7, 11) is 1.94. The van der Waals surface area contributed by atoms with Gasteiger partial charge in [0, 0.05) is 39.4 Å². The standard InChI is InChI=1S/C25H33N7/c1-17-5-4-9-26-23(17)16-32-14-20-11-19(12-21(20)15-32)8-10-27-24-7-6-22(29-30-24)25-18(2)13-28-31(25)3/h4-7,9,13,19-21H,8,10-12,14-16H2,1-3H3,(H,27,30)/t19?,20-,21+. The van der Waals surface area contributed by atoms with Gasteiger partial charge in [-0.2, -0.15) is 5.10 Å². The monoisotopic (exact) mass is 431 g/mol. The van der Waals surface area contributed by atoms with Crippen molar-refractivity contribution in [2.24, 2.45) is 24.8 Å². The molecule has 1 aliphatic carbocycles. The lowest BCUT2D eigenvalue weighted by Gasteiger charge is -2.19. The molecule has 0 amide bonds. The van der Waals surface area contributed by atoms with Crippen molar-refractivity contribution in [2.75, 3.05) is 25.0 Å². The van der Waals surface area contributed by atoms with Gasteiger partial charge in [-0.25, -0.2) is 0 Å². The van der Waals surface area contributed by atoms with Crippen LogP contribution < -0.4 is 5.32 Å². The molecule has 0 aromatic carbocycles. The zero-order chi connectivity index (χ0) is 22.1. The second-order valence-electron chi connectivity index (χ2n) is 9.64. The minimum atomic E-state index is 0.820. The summed E-state index contributed by atoms with van der Waals surface area (Å²) in [4.78, 5) is 7.19. The first-order valence-electron chi connectivity index (χ1n) is 11.8. The lowest BCUT2D eigenvalue weighted by atomic mass is 10.0. The molecule has 1 unspecified atom stereocenters. The first-order chi connectivity index (χ1) is 15.6. The Morgan fingerprint density at radius 3 is 2.50 bits per heavy atom. The zero-order valence-corrected chi connectivity index (χ0v) is 19.3. The first kappa shape index (κ1) is 21.1. The number of nitrogens with one attached hydrogen (secondary N) is 1. The van der Waals surface area contributed by atoms with Crippen LogP contribution in [0, 0.1) is 31.6 Å². The molecule has 2 fully saturated rings. The highest BCUT2D eigenvalue weighted by Crippen LogP contribution is 2.43. The van der Waals surface area contributed by atoms with Gasteiger partial charge in [-0.3, -0.25) is 14.6 Å². The predicted molar refractivity (Wildman–Crippen MR) is 126 cm³/mol. The van der Waals surface area contributed by atoms with Crippen LogP contribution in [0.3, 0.4) is 0 Å². The van der Waals surface area contributed by atoms with Crippen LogP contribution >= 0.6 is 0 Å². The fourth-order valence-corrected chi connectivity index (χ4v) is 5.66. The normalized spacial score (nSPS) is 22.9. The van der Waals surface area contributed by atoms with Crippen LogP contribution in [0.4, 0.5) is 5.82 Å². The van der Waals surface area contributed by atoms with Crippen LogP contribution in [0.2, 0.25) is 0 Å². The van der Waals surface area contributed by atoms with Crippen LogP contribution in [0.15, 0.2) is 36.7 Å². The molecule has 0 bridgehead atoms. The van der Waals surface area contributed by atoms with Gasteiger partial charge in [-0.15, -0.1) is 10.2 Å². The van der Waals surface area contributed by atoms with Gasteiger partial charge in [0.05, 0.1) is 17.6 Å². The minimum Gasteiger partial charge on any atom is -0.369 e. The van der Waals surface area contributed by atoms with Gasteiger partial charge in [0.1, 0.15) is 11.5 Å². The molecule has 3 atom stereocenters. The Hall–Kier alpha value is -2.80. The molecule has 7 nitrogen and oxygen atoms in total. The largest absolute Gasteiger partial charge is 0.369 e. The summed E-state index contributed by atoms with van der Waals surface area (Å²) in [5.74, 6) is 3.37. The van der Waals surface area contributed by atoms with Gasteiger partial charge in [0.15, 0.2) is 0 Å². The van der Waals surface area contributed by atoms with E-state index in [0.717, 1.165) is 53.6 Å². The van der Waals surface area contributed by atoms with E-state index in [4.69, 9.17) is 0 Å². The van der Waals surface area contributed by atoms with Crippen molar-refractivity contribution in [3.05, 3.63) is 53.5 Å². The molecule has 7 heteroatoms. The van der Waals surface area contributed by atoms with Crippen LogP contribution in [0.5, 0.6) is 0 Å². The number of aryl methyl sites for hydroxylation is 3. The highest BCUT2D eigenvalue weighted by atomic mass is 15.3. The van der Waals surface area contributed by atoms with Crippen molar-refractivity contribution >= 4 is 5.82 Å². The first-order valence-corrected chi connectivity index (χ1v) is 11.8. The highest BCUT2D eigenvalue weighted by Gasteiger charge is 2.40. The lowest BCUT2D eigenvalue weighted by molar-refractivity contribution is 0.285. The Bertz CT molecular complexity index is 1020. The van der Waals surface area contributed by atoms with Crippen molar-refractivity contribution in [3.8, 4) is 11.4 Å². The second kappa shape index (κ2) is 8.98. The van der Waals surface area contributed by atoms with Gasteiger partial charge >= 0.3 is 0 Å². The van der Waals surface area contributed by atoms with Crippen molar-refractivity contribution < 1.29 is 0 Å². The molecule has 0 spiro atoms. The summed E-state index contributed by atoms with van der Waals surface area (Å²) in [6.45, 7) is 8.63. The average Bonchev–Trinajstić information content (AvgIpc) is 3.43.